The molecule has 0 aliphatic carbocycles. The van der Waals surface area contributed by atoms with Gasteiger partial charge >= 0.3 is 5.97 Å². The van der Waals surface area contributed by atoms with Crippen LogP contribution in [0.5, 0.6) is 0 Å². The fourth-order valence-corrected chi connectivity index (χ4v) is 3.22. The van der Waals surface area contributed by atoms with Crippen LogP contribution in [0.3, 0.4) is 0 Å². The van der Waals surface area contributed by atoms with Gasteiger partial charge < -0.3 is 14.6 Å². The molecule has 5 nitrogen and oxygen atoms in total. The average Bonchev–Trinajstić information content (AvgIpc) is 3.00. The van der Waals surface area contributed by atoms with Crippen LogP contribution in [-0.2, 0) is 9.53 Å². The second-order valence-electron chi connectivity index (χ2n) is 6.58. The van der Waals surface area contributed by atoms with Gasteiger partial charge in [-0.3, -0.25) is 4.79 Å². The first-order valence-electron chi connectivity index (χ1n) is 8.83. The van der Waals surface area contributed by atoms with Crippen LogP contribution in [0.25, 0.3) is 5.69 Å². The molecular formula is C22H21ClN2O3. The molecule has 0 bridgehead atoms. The third-order valence-corrected chi connectivity index (χ3v) is 4.66. The SMILES string of the molecule is Cc1cc(Cl)ccc1NC(=O)COC(=O)c1ccc(-n2c(C)ccc2C)cc1. The van der Waals surface area contributed by atoms with Crippen LogP contribution in [0, 0.1) is 20.8 Å². The second kappa shape index (κ2) is 8.31. The highest BCUT2D eigenvalue weighted by atomic mass is 35.5. The Balaban J connectivity index is 1.59. The minimum atomic E-state index is -0.546. The van der Waals surface area contributed by atoms with E-state index in [9.17, 15) is 9.59 Å². The van der Waals surface area contributed by atoms with E-state index in [1.165, 1.54) is 0 Å². The van der Waals surface area contributed by atoms with Gasteiger partial charge in [0.2, 0.25) is 0 Å². The number of carbonyl (C=O) groups is 2. The number of esters is 1. The summed E-state index contributed by atoms with van der Waals surface area (Å²) < 4.78 is 7.21. The van der Waals surface area contributed by atoms with E-state index >= 15 is 0 Å². The lowest BCUT2D eigenvalue weighted by molar-refractivity contribution is -0.119. The van der Waals surface area contributed by atoms with Crippen molar-refractivity contribution < 1.29 is 14.3 Å². The van der Waals surface area contributed by atoms with Gasteiger partial charge in [0.05, 0.1) is 5.56 Å². The van der Waals surface area contributed by atoms with E-state index in [0.29, 0.717) is 16.3 Å². The summed E-state index contributed by atoms with van der Waals surface area (Å²) in [5.74, 6) is -0.954. The van der Waals surface area contributed by atoms with Crippen molar-refractivity contribution in [3.8, 4) is 5.69 Å². The molecule has 1 N–H and O–H groups in total. The molecule has 6 heteroatoms. The fraction of sp³-hybridized carbons (Fsp3) is 0.182. The Kier molecular flexibility index (Phi) is 5.85. The average molecular weight is 397 g/mol. The van der Waals surface area contributed by atoms with Crippen molar-refractivity contribution in [1.29, 1.82) is 0 Å². The van der Waals surface area contributed by atoms with Crippen LogP contribution in [0.1, 0.15) is 27.3 Å². The van der Waals surface area contributed by atoms with Gasteiger partial charge in [0.1, 0.15) is 0 Å². The molecule has 28 heavy (non-hydrogen) atoms. The second-order valence-corrected chi connectivity index (χ2v) is 7.02. The number of amides is 1. The molecule has 0 atom stereocenters. The van der Waals surface area contributed by atoms with Crippen molar-refractivity contribution in [2.24, 2.45) is 0 Å². The number of ether oxygens (including phenoxy) is 1. The number of aromatic nitrogens is 1. The Hall–Kier alpha value is -3.05. The number of rotatable bonds is 5. The quantitative estimate of drug-likeness (QED) is 0.627. The molecular weight excluding hydrogens is 376 g/mol. The molecule has 0 saturated heterocycles. The number of hydrogen-bond donors (Lipinski definition) is 1. The summed E-state index contributed by atoms with van der Waals surface area (Å²) in [6, 6.07) is 16.3. The topological polar surface area (TPSA) is 60.3 Å². The molecule has 0 spiro atoms. The summed E-state index contributed by atoms with van der Waals surface area (Å²) in [5, 5.41) is 3.30. The number of aryl methyl sites for hydroxylation is 3. The Morgan fingerprint density at radius 3 is 2.21 bits per heavy atom. The van der Waals surface area contributed by atoms with Gasteiger partial charge in [-0.1, -0.05) is 11.6 Å². The van der Waals surface area contributed by atoms with E-state index in [0.717, 1.165) is 22.6 Å². The first kappa shape index (κ1) is 19.7. The van der Waals surface area contributed by atoms with Crippen molar-refractivity contribution in [3.63, 3.8) is 0 Å². The van der Waals surface area contributed by atoms with Gasteiger partial charge in [-0.05, 0) is 80.9 Å². The number of nitrogens with zero attached hydrogens (tertiary/aromatic N) is 1. The molecule has 0 aliphatic heterocycles. The fourth-order valence-electron chi connectivity index (χ4n) is 2.99. The third-order valence-electron chi connectivity index (χ3n) is 4.43. The molecule has 0 radical (unpaired) electrons. The number of nitrogens with one attached hydrogen (secondary N) is 1. The number of carbonyl (C=O) groups excluding carboxylic acids is 2. The number of benzene rings is 2. The van der Waals surface area contributed by atoms with Gasteiger partial charge in [-0.25, -0.2) is 4.79 Å². The largest absolute Gasteiger partial charge is 0.452 e. The monoisotopic (exact) mass is 396 g/mol. The number of anilines is 1. The summed E-state index contributed by atoms with van der Waals surface area (Å²) in [6.45, 7) is 5.52. The molecule has 0 aliphatic rings. The normalized spacial score (nSPS) is 10.6. The van der Waals surface area contributed by atoms with Crippen molar-refractivity contribution in [2.75, 3.05) is 11.9 Å². The summed E-state index contributed by atoms with van der Waals surface area (Å²) in [6.07, 6.45) is 0. The lowest BCUT2D eigenvalue weighted by Crippen LogP contribution is -2.21. The molecule has 1 aromatic heterocycles. The molecule has 144 valence electrons. The van der Waals surface area contributed by atoms with E-state index in [-0.39, 0.29) is 6.61 Å². The van der Waals surface area contributed by atoms with Gasteiger partial charge in [0, 0.05) is 27.8 Å². The van der Waals surface area contributed by atoms with Crippen LogP contribution in [0.2, 0.25) is 5.02 Å². The van der Waals surface area contributed by atoms with E-state index in [2.05, 4.69) is 9.88 Å². The molecule has 0 saturated carbocycles. The van der Waals surface area contributed by atoms with Crippen LogP contribution < -0.4 is 5.32 Å². The lowest BCUT2D eigenvalue weighted by Gasteiger charge is -2.11. The maximum absolute atomic E-state index is 12.2. The van der Waals surface area contributed by atoms with Crippen molar-refractivity contribution in [3.05, 3.63) is 82.1 Å². The first-order valence-corrected chi connectivity index (χ1v) is 9.21. The summed E-state index contributed by atoms with van der Waals surface area (Å²) in [7, 11) is 0. The highest BCUT2D eigenvalue weighted by Crippen LogP contribution is 2.20. The molecule has 0 unspecified atom stereocenters. The zero-order valence-corrected chi connectivity index (χ0v) is 16.7. The zero-order valence-electron chi connectivity index (χ0n) is 16.0. The highest BCUT2D eigenvalue weighted by Gasteiger charge is 2.12. The Morgan fingerprint density at radius 2 is 1.61 bits per heavy atom. The molecule has 3 rings (SSSR count). The van der Waals surface area contributed by atoms with Crippen LogP contribution in [0.15, 0.2) is 54.6 Å². The van der Waals surface area contributed by atoms with Gasteiger partial charge in [-0.2, -0.15) is 0 Å². The minimum absolute atomic E-state index is 0.363. The summed E-state index contributed by atoms with van der Waals surface area (Å²) in [5.41, 5.74) is 5.05. The van der Waals surface area contributed by atoms with E-state index < -0.39 is 11.9 Å². The molecule has 1 heterocycles. The third kappa shape index (κ3) is 4.43. The molecule has 1 amide bonds. The predicted octanol–water partition coefficient (Wildman–Crippen LogP) is 4.85. The highest BCUT2D eigenvalue weighted by molar-refractivity contribution is 6.30. The standard InChI is InChI=1S/C22H21ClN2O3/c1-14-12-18(23)8-11-20(14)24-21(26)13-28-22(27)17-6-9-19(10-7-17)25-15(2)4-5-16(25)3/h4-12H,13H2,1-3H3,(H,24,26). The molecule has 3 aromatic rings. The Labute approximate surface area is 168 Å². The van der Waals surface area contributed by atoms with Gasteiger partial charge in [0.25, 0.3) is 5.91 Å². The molecule has 2 aromatic carbocycles. The zero-order chi connectivity index (χ0) is 20.3. The van der Waals surface area contributed by atoms with Crippen LogP contribution in [-0.4, -0.2) is 23.1 Å². The number of halogens is 1. The maximum Gasteiger partial charge on any atom is 0.338 e. The summed E-state index contributed by atoms with van der Waals surface area (Å²) >= 11 is 5.90. The van der Waals surface area contributed by atoms with Crippen LogP contribution >= 0.6 is 11.6 Å². The van der Waals surface area contributed by atoms with E-state index in [1.807, 2.05) is 45.0 Å². The van der Waals surface area contributed by atoms with Crippen molar-refractivity contribution >= 4 is 29.2 Å². The molecule has 0 fully saturated rings. The van der Waals surface area contributed by atoms with Gasteiger partial charge in [0.15, 0.2) is 6.61 Å². The maximum atomic E-state index is 12.2. The van der Waals surface area contributed by atoms with E-state index in [1.54, 1.807) is 30.3 Å². The van der Waals surface area contributed by atoms with E-state index in [4.69, 9.17) is 16.3 Å². The summed E-state index contributed by atoms with van der Waals surface area (Å²) in [4.78, 5) is 24.3. The lowest BCUT2D eigenvalue weighted by atomic mass is 10.2. The number of hydrogen-bond acceptors (Lipinski definition) is 3. The Morgan fingerprint density at radius 1 is 0.964 bits per heavy atom. The first-order chi connectivity index (χ1) is 13.3. The van der Waals surface area contributed by atoms with Crippen molar-refractivity contribution in [2.45, 2.75) is 20.8 Å². The minimum Gasteiger partial charge on any atom is -0.452 e. The van der Waals surface area contributed by atoms with Crippen molar-refractivity contribution in [1.82, 2.24) is 4.57 Å². The Bertz CT molecular complexity index is 1000. The smallest absolute Gasteiger partial charge is 0.338 e. The van der Waals surface area contributed by atoms with Gasteiger partial charge in [-0.15, -0.1) is 0 Å². The predicted molar refractivity (Wildman–Crippen MR) is 110 cm³/mol. The van der Waals surface area contributed by atoms with Crippen LogP contribution in [0.4, 0.5) is 5.69 Å².